The maximum atomic E-state index is 11.7. The zero-order valence-electron chi connectivity index (χ0n) is 15.8. The first kappa shape index (κ1) is 23.0. The van der Waals surface area contributed by atoms with Crippen LogP contribution in [0.5, 0.6) is 0 Å². The Morgan fingerprint density at radius 1 is 0.840 bits per heavy atom. The number of rotatable bonds is 8. The van der Waals surface area contributed by atoms with Crippen molar-refractivity contribution in [2.24, 2.45) is 16.6 Å². The normalized spacial score (nSPS) is 12.9. The summed E-state index contributed by atoms with van der Waals surface area (Å²) in [5, 5.41) is 0. The predicted molar refractivity (Wildman–Crippen MR) is 89.1 cm³/mol. The predicted octanol–water partition coefficient (Wildman–Crippen LogP) is 1.34. The standard InChI is InChI=1S/C17H29NO7/c1-16(2,3)12(19)7-8-13(20)23-9-11(18)14(21)24-10-25-15(22)17(4,5)6/h11H,7-10,18H2,1-6H3/t11-/m1/s1. The number of hydrogen-bond donors (Lipinski definition) is 1. The molecule has 2 N–H and O–H groups in total. The van der Waals surface area contributed by atoms with E-state index in [0.717, 1.165) is 0 Å². The molecule has 8 heteroatoms. The number of ether oxygens (including phenoxy) is 3. The minimum atomic E-state index is -1.20. The second-order valence-corrected chi connectivity index (χ2v) is 7.73. The third-order valence-corrected chi connectivity index (χ3v) is 3.12. The number of carbonyl (C=O) groups excluding carboxylic acids is 4. The highest BCUT2D eigenvalue weighted by Crippen LogP contribution is 2.17. The van der Waals surface area contributed by atoms with Gasteiger partial charge in [0, 0.05) is 11.8 Å². The molecule has 0 fully saturated rings. The molecule has 25 heavy (non-hydrogen) atoms. The summed E-state index contributed by atoms with van der Waals surface area (Å²) in [7, 11) is 0. The monoisotopic (exact) mass is 359 g/mol. The van der Waals surface area contributed by atoms with E-state index in [-0.39, 0.29) is 25.2 Å². The van der Waals surface area contributed by atoms with Crippen LogP contribution >= 0.6 is 0 Å². The molecular formula is C17H29NO7. The van der Waals surface area contributed by atoms with Crippen LogP contribution in [-0.2, 0) is 33.4 Å². The van der Waals surface area contributed by atoms with Gasteiger partial charge in [-0.1, -0.05) is 20.8 Å². The zero-order chi connectivity index (χ0) is 19.8. The zero-order valence-corrected chi connectivity index (χ0v) is 15.8. The van der Waals surface area contributed by atoms with Crippen molar-refractivity contribution in [1.82, 2.24) is 0 Å². The second kappa shape index (κ2) is 9.50. The van der Waals surface area contributed by atoms with Crippen LogP contribution in [0.2, 0.25) is 0 Å². The van der Waals surface area contributed by atoms with Crippen LogP contribution in [0.4, 0.5) is 0 Å². The third-order valence-electron chi connectivity index (χ3n) is 3.12. The average molecular weight is 359 g/mol. The van der Waals surface area contributed by atoms with E-state index in [1.807, 2.05) is 0 Å². The highest BCUT2D eigenvalue weighted by atomic mass is 16.7. The van der Waals surface area contributed by atoms with Gasteiger partial charge in [0.1, 0.15) is 18.4 Å². The first-order valence-electron chi connectivity index (χ1n) is 8.03. The lowest BCUT2D eigenvalue weighted by Gasteiger charge is -2.17. The first-order valence-corrected chi connectivity index (χ1v) is 8.03. The Morgan fingerprint density at radius 2 is 1.40 bits per heavy atom. The molecule has 144 valence electrons. The van der Waals surface area contributed by atoms with E-state index in [2.05, 4.69) is 0 Å². The first-order chi connectivity index (χ1) is 11.2. The molecule has 0 saturated carbocycles. The van der Waals surface area contributed by atoms with E-state index in [4.69, 9.17) is 19.9 Å². The molecule has 0 aromatic carbocycles. The molecule has 0 heterocycles. The fraction of sp³-hybridized carbons (Fsp3) is 0.765. The number of esters is 3. The summed E-state index contributed by atoms with van der Waals surface area (Å²) in [6, 6.07) is -1.20. The van der Waals surface area contributed by atoms with Gasteiger partial charge in [-0.15, -0.1) is 0 Å². The van der Waals surface area contributed by atoms with Gasteiger partial charge in [-0.05, 0) is 20.8 Å². The van der Waals surface area contributed by atoms with Crippen molar-refractivity contribution in [3.63, 3.8) is 0 Å². The van der Waals surface area contributed by atoms with Gasteiger partial charge < -0.3 is 19.9 Å². The number of ketones is 1. The van der Waals surface area contributed by atoms with Crippen LogP contribution in [0.25, 0.3) is 0 Å². The fourth-order valence-corrected chi connectivity index (χ4v) is 1.38. The molecular weight excluding hydrogens is 330 g/mol. The summed E-state index contributed by atoms with van der Waals surface area (Å²) in [5.74, 6) is -2.07. The van der Waals surface area contributed by atoms with Crippen LogP contribution in [0.1, 0.15) is 54.4 Å². The molecule has 0 radical (unpaired) electrons. The van der Waals surface area contributed by atoms with Gasteiger partial charge >= 0.3 is 17.9 Å². The molecule has 0 aliphatic rings. The average Bonchev–Trinajstić information content (AvgIpc) is 2.47. The van der Waals surface area contributed by atoms with E-state index < -0.39 is 41.6 Å². The molecule has 0 amide bonds. The number of Topliss-reactive ketones (excluding diaryl/α,β-unsaturated/α-hetero) is 1. The summed E-state index contributed by atoms with van der Waals surface area (Å²) in [4.78, 5) is 46.4. The van der Waals surface area contributed by atoms with Gasteiger partial charge in [-0.25, -0.2) is 0 Å². The van der Waals surface area contributed by atoms with Crippen molar-refractivity contribution >= 4 is 23.7 Å². The van der Waals surface area contributed by atoms with Crippen LogP contribution < -0.4 is 5.73 Å². The van der Waals surface area contributed by atoms with Gasteiger partial charge in [0.25, 0.3) is 0 Å². The quantitative estimate of drug-likeness (QED) is 0.509. The Labute approximate surface area is 148 Å². The lowest BCUT2D eigenvalue weighted by Crippen LogP contribution is -2.38. The smallest absolute Gasteiger partial charge is 0.329 e. The minimum Gasteiger partial charge on any atom is -0.463 e. The summed E-state index contributed by atoms with van der Waals surface area (Å²) in [5.41, 5.74) is 4.30. The van der Waals surface area contributed by atoms with Crippen molar-refractivity contribution in [2.75, 3.05) is 13.4 Å². The van der Waals surface area contributed by atoms with E-state index >= 15 is 0 Å². The van der Waals surface area contributed by atoms with Gasteiger partial charge in [-0.3, -0.25) is 19.2 Å². The lowest BCUT2D eigenvalue weighted by molar-refractivity contribution is -0.174. The van der Waals surface area contributed by atoms with Crippen LogP contribution in [-0.4, -0.2) is 43.1 Å². The molecule has 0 aromatic rings. The van der Waals surface area contributed by atoms with Gasteiger partial charge in [0.15, 0.2) is 0 Å². The minimum absolute atomic E-state index is 0.0603. The maximum absolute atomic E-state index is 11.7. The second-order valence-electron chi connectivity index (χ2n) is 7.73. The van der Waals surface area contributed by atoms with Crippen molar-refractivity contribution in [2.45, 2.75) is 60.4 Å². The molecule has 0 aliphatic carbocycles. The summed E-state index contributed by atoms with van der Waals surface area (Å²) in [6.07, 6.45) is -0.0220. The Bertz CT molecular complexity index is 500. The topological polar surface area (TPSA) is 122 Å². The van der Waals surface area contributed by atoms with Gasteiger partial charge in [-0.2, -0.15) is 0 Å². The van der Waals surface area contributed by atoms with E-state index in [9.17, 15) is 19.2 Å². The largest absolute Gasteiger partial charge is 0.463 e. The van der Waals surface area contributed by atoms with Crippen molar-refractivity contribution in [3.8, 4) is 0 Å². The van der Waals surface area contributed by atoms with Crippen molar-refractivity contribution in [1.29, 1.82) is 0 Å². The fourth-order valence-electron chi connectivity index (χ4n) is 1.38. The highest BCUT2D eigenvalue weighted by molar-refractivity contribution is 5.86. The van der Waals surface area contributed by atoms with Crippen molar-refractivity contribution in [3.05, 3.63) is 0 Å². The summed E-state index contributed by atoms with van der Waals surface area (Å²) < 4.78 is 14.3. The van der Waals surface area contributed by atoms with Crippen LogP contribution in [0.15, 0.2) is 0 Å². The Balaban J connectivity index is 4.07. The molecule has 0 bridgehead atoms. The summed E-state index contributed by atoms with van der Waals surface area (Å²) in [6.45, 7) is 9.33. The maximum Gasteiger partial charge on any atom is 0.329 e. The molecule has 0 rings (SSSR count). The number of carbonyl (C=O) groups is 4. The van der Waals surface area contributed by atoms with Crippen molar-refractivity contribution < 1.29 is 33.4 Å². The SMILES string of the molecule is CC(C)(C)C(=O)CCC(=O)OC[C@@H](N)C(=O)OCOC(=O)C(C)(C)C. The molecule has 0 aliphatic heterocycles. The Kier molecular flexibility index (Phi) is 8.76. The Morgan fingerprint density at radius 3 is 1.88 bits per heavy atom. The lowest BCUT2D eigenvalue weighted by atomic mass is 9.88. The van der Waals surface area contributed by atoms with E-state index in [0.29, 0.717) is 0 Å². The van der Waals surface area contributed by atoms with Crippen LogP contribution in [0, 0.1) is 10.8 Å². The van der Waals surface area contributed by atoms with Gasteiger partial charge in [0.2, 0.25) is 6.79 Å². The number of hydrogen-bond acceptors (Lipinski definition) is 8. The molecule has 0 unspecified atom stereocenters. The third kappa shape index (κ3) is 9.81. The van der Waals surface area contributed by atoms with E-state index in [1.165, 1.54) is 0 Å². The number of nitrogens with two attached hydrogens (primary N) is 1. The molecule has 0 saturated heterocycles. The molecule has 0 aromatic heterocycles. The Hall–Kier alpha value is -1.96. The molecule has 1 atom stereocenters. The molecule has 8 nitrogen and oxygen atoms in total. The molecule has 0 spiro atoms. The van der Waals surface area contributed by atoms with E-state index in [1.54, 1.807) is 41.5 Å². The van der Waals surface area contributed by atoms with Gasteiger partial charge in [0.05, 0.1) is 11.8 Å². The van der Waals surface area contributed by atoms with Crippen LogP contribution in [0.3, 0.4) is 0 Å². The summed E-state index contributed by atoms with van der Waals surface area (Å²) >= 11 is 0. The highest BCUT2D eigenvalue weighted by Gasteiger charge is 2.25.